The number of amides is 1. The molecule has 0 atom stereocenters. The Morgan fingerprint density at radius 3 is 2.42 bits per heavy atom. The zero-order valence-electron chi connectivity index (χ0n) is 13.4. The van der Waals surface area contributed by atoms with E-state index in [1.165, 1.54) is 18.2 Å². The van der Waals surface area contributed by atoms with Crippen LogP contribution in [0.15, 0.2) is 35.2 Å². The number of rotatable bonds is 5. The molecule has 1 N–H and O–H groups in total. The van der Waals surface area contributed by atoms with Crippen LogP contribution in [0, 0.1) is 19.8 Å². The van der Waals surface area contributed by atoms with Gasteiger partial charge >= 0.3 is 0 Å². The molecule has 1 saturated carbocycles. The zero-order valence-corrected chi connectivity index (χ0v) is 14.2. The summed E-state index contributed by atoms with van der Waals surface area (Å²) in [4.78, 5) is 19.8. The molecule has 1 aliphatic rings. The highest BCUT2D eigenvalue weighted by atomic mass is 32.2. The van der Waals surface area contributed by atoms with E-state index in [0.29, 0.717) is 17.2 Å². The Kier molecular flexibility index (Phi) is 4.23. The average molecular weight is 345 g/mol. The smallest absolute Gasteiger partial charge is 0.227 e. The van der Waals surface area contributed by atoms with E-state index in [-0.39, 0.29) is 22.5 Å². The van der Waals surface area contributed by atoms with Gasteiger partial charge in [0.05, 0.1) is 4.90 Å². The molecule has 1 aromatic heterocycles. The summed E-state index contributed by atoms with van der Waals surface area (Å²) in [6.07, 6.45) is 1.82. The van der Waals surface area contributed by atoms with Crippen LogP contribution in [0.25, 0.3) is 4.72 Å². The van der Waals surface area contributed by atoms with Crippen molar-refractivity contribution in [2.45, 2.75) is 31.6 Å². The number of benzene rings is 1. The van der Waals surface area contributed by atoms with Crippen molar-refractivity contribution >= 4 is 27.4 Å². The van der Waals surface area contributed by atoms with Crippen molar-refractivity contribution in [3.05, 3.63) is 46.6 Å². The lowest BCUT2D eigenvalue weighted by Gasteiger charge is -2.17. The highest BCUT2D eigenvalue weighted by Gasteiger charge is 2.29. The summed E-state index contributed by atoms with van der Waals surface area (Å²) in [5, 5.41) is 2.76. The van der Waals surface area contributed by atoms with Crippen molar-refractivity contribution < 1.29 is 13.2 Å². The Balaban J connectivity index is 1.75. The van der Waals surface area contributed by atoms with E-state index < -0.39 is 10.0 Å². The standard InChI is InChI=1S/C16H18N4O3S/c1-10-9-15(18-11(2)17-10)20-24(22,23)14-7-5-13(6-8-14)19-16(21)12-3-4-12/h5-9,12H,3-4H2,1-2H3,(H2,17,18,19,20,21)/p-1. The SMILES string of the molecule is Cc1cc([N-]S(=O)(=O)c2ccc(NC(=O)C3CC3)cc2)nc(C)n1. The number of hydrogen-bond acceptors (Lipinski definition) is 5. The Morgan fingerprint density at radius 2 is 1.83 bits per heavy atom. The molecule has 0 radical (unpaired) electrons. The molecule has 7 nitrogen and oxygen atoms in total. The van der Waals surface area contributed by atoms with Crippen LogP contribution in [0.1, 0.15) is 24.4 Å². The van der Waals surface area contributed by atoms with E-state index in [2.05, 4.69) is 20.0 Å². The van der Waals surface area contributed by atoms with Gasteiger partial charge in [0.25, 0.3) is 0 Å². The van der Waals surface area contributed by atoms with Crippen LogP contribution in [0.5, 0.6) is 0 Å². The van der Waals surface area contributed by atoms with Gasteiger partial charge in [0.15, 0.2) is 0 Å². The Morgan fingerprint density at radius 1 is 1.17 bits per heavy atom. The third-order valence-corrected chi connectivity index (χ3v) is 4.83. The molecule has 3 rings (SSSR count). The first-order chi connectivity index (χ1) is 11.3. The normalized spacial score (nSPS) is 14.2. The molecule has 0 unspecified atom stereocenters. The second-order valence-electron chi connectivity index (χ2n) is 5.77. The molecular formula is C16H17N4O3S-. The minimum Gasteiger partial charge on any atom is -0.423 e. The number of aromatic nitrogens is 2. The summed E-state index contributed by atoms with van der Waals surface area (Å²) in [6, 6.07) is 7.46. The fourth-order valence-electron chi connectivity index (χ4n) is 2.22. The molecule has 8 heteroatoms. The van der Waals surface area contributed by atoms with Gasteiger partial charge in [-0.3, -0.25) is 9.78 Å². The minimum absolute atomic E-state index is 0.0257. The highest BCUT2D eigenvalue weighted by molar-refractivity contribution is 7.94. The Hall–Kier alpha value is -2.48. The summed E-state index contributed by atoms with van der Waals surface area (Å²) in [7, 11) is -3.87. The maximum Gasteiger partial charge on any atom is 0.227 e. The van der Waals surface area contributed by atoms with E-state index in [4.69, 9.17) is 0 Å². The van der Waals surface area contributed by atoms with Crippen molar-refractivity contribution in [1.82, 2.24) is 9.97 Å². The number of anilines is 1. The molecule has 0 spiro atoms. The van der Waals surface area contributed by atoms with Crippen molar-refractivity contribution in [2.24, 2.45) is 5.92 Å². The highest BCUT2D eigenvalue weighted by Crippen LogP contribution is 2.31. The zero-order chi connectivity index (χ0) is 17.3. The first-order valence-electron chi connectivity index (χ1n) is 7.55. The molecule has 1 aromatic carbocycles. The van der Waals surface area contributed by atoms with Crippen LogP contribution < -0.4 is 5.32 Å². The summed E-state index contributed by atoms with van der Waals surface area (Å²) in [5.41, 5.74) is 1.22. The van der Waals surface area contributed by atoms with E-state index in [9.17, 15) is 13.2 Å². The van der Waals surface area contributed by atoms with E-state index in [1.54, 1.807) is 26.0 Å². The van der Waals surface area contributed by atoms with Crippen LogP contribution in [0.3, 0.4) is 0 Å². The minimum atomic E-state index is -3.87. The van der Waals surface area contributed by atoms with Gasteiger partial charge in [-0.05, 0) is 62.8 Å². The number of carbonyl (C=O) groups excluding carboxylic acids is 1. The third-order valence-electron chi connectivity index (χ3n) is 3.53. The van der Waals surface area contributed by atoms with Gasteiger partial charge in [-0.2, -0.15) is 0 Å². The quantitative estimate of drug-likeness (QED) is 0.897. The monoisotopic (exact) mass is 345 g/mol. The number of hydrogen-bond donors (Lipinski definition) is 1. The van der Waals surface area contributed by atoms with Crippen LogP contribution in [-0.4, -0.2) is 24.3 Å². The molecular weight excluding hydrogens is 328 g/mol. The Bertz CT molecular complexity index is 854. The maximum atomic E-state index is 12.4. The van der Waals surface area contributed by atoms with Gasteiger partial charge in [0.1, 0.15) is 0 Å². The molecule has 126 valence electrons. The number of sulfonamides is 1. The summed E-state index contributed by atoms with van der Waals surface area (Å²) in [6.45, 7) is 3.42. The van der Waals surface area contributed by atoms with Crippen LogP contribution in [0.4, 0.5) is 11.5 Å². The number of nitrogens with zero attached hydrogens (tertiary/aromatic N) is 3. The predicted octanol–water partition coefficient (Wildman–Crippen LogP) is 2.84. The maximum absolute atomic E-state index is 12.4. The van der Waals surface area contributed by atoms with Crippen LogP contribution in [0.2, 0.25) is 0 Å². The van der Waals surface area contributed by atoms with Gasteiger partial charge in [-0.15, -0.1) is 0 Å². The first kappa shape index (κ1) is 16.4. The molecule has 24 heavy (non-hydrogen) atoms. The van der Waals surface area contributed by atoms with Gasteiger partial charge in [-0.1, -0.05) is 0 Å². The van der Waals surface area contributed by atoms with Gasteiger partial charge in [0.2, 0.25) is 15.9 Å². The number of nitrogens with one attached hydrogen (secondary N) is 1. The molecule has 1 fully saturated rings. The molecule has 1 aliphatic carbocycles. The summed E-state index contributed by atoms with van der Waals surface area (Å²) in [5.74, 6) is 0.628. The molecule has 0 aliphatic heterocycles. The topological polar surface area (TPSA) is 103 Å². The van der Waals surface area contributed by atoms with Crippen molar-refractivity contribution in [2.75, 3.05) is 5.32 Å². The first-order valence-corrected chi connectivity index (χ1v) is 8.99. The van der Waals surface area contributed by atoms with E-state index in [0.717, 1.165) is 12.8 Å². The summed E-state index contributed by atoms with van der Waals surface area (Å²) < 4.78 is 28.5. The second-order valence-corrected chi connectivity index (χ2v) is 7.37. The van der Waals surface area contributed by atoms with E-state index >= 15 is 0 Å². The molecule has 1 heterocycles. The van der Waals surface area contributed by atoms with E-state index in [1.807, 2.05) is 0 Å². The lowest BCUT2D eigenvalue weighted by molar-refractivity contribution is -0.117. The predicted molar refractivity (Wildman–Crippen MR) is 89.5 cm³/mol. The van der Waals surface area contributed by atoms with Crippen molar-refractivity contribution in [1.29, 1.82) is 0 Å². The summed E-state index contributed by atoms with van der Waals surface area (Å²) >= 11 is 0. The fraction of sp³-hybridized carbons (Fsp3) is 0.312. The van der Waals surface area contributed by atoms with Crippen LogP contribution in [-0.2, 0) is 14.8 Å². The molecule has 0 bridgehead atoms. The van der Waals surface area contributed by atoms with Gasteiger partial charge in [-0.25, -0.2) is 8.42 Å². The molecule has 0 saturated heterocycles. The number of carbonyl (C=O) groups is 1. The third kappa shape index (κ3) is 3.88. The Labute approximate surface area is 140 Å². The van der Waals surface area contributed by atoms with Gasteiger partial charge < -0.3 is 15.0 Å². The fourth-order valence-corrected chi connectivity index (χ4v) is 3.15. The van der Waals surface area contributed by atoms with Crippen molar-refractivity contribution in [3.63, 3.8) is 0 Å². The average Bonchev–Trinajstić information content (AvgIpc) is 3.30. The lowest BCUT2D eigenvalue weighted by atomic mass is 10.3. The van der Waals surface area contributed by atoms with Gasteiger partial charge in [0, 0.05) is 23.1 Å². The van der Waals surface area contributed by atoms with Crippen LogP contribution >= 0.6 is 0 Å². The molecule has 2 aromatic rings. The largest absolute Gasteiger partial charge is 0.423 e. The number of aryl methyl sites for hydroxylation is 2. The lowest BCUT2D eigenvalue weighted by Crippen LogP contribution is -2.13. The second kappa shape index (κ2) is 6.20. The molecule has 1 amide bonds. The van der Waals surface area contributed by atoms with Crippen molar-refractivity contribution in [3.8, 4) is 0 Å².